The Morgan fingerprint density at radius 1 is 1.27 bits per heavy atom. The second kappa shape index (κ2) is 8.24. The molecule has 0 aliphatic carbocycles. The monoisotopic (exact) mass is 425 g/mol. The number of nitrogens with zero attached hydrogens (tertiary/aromatic N) is 8. The van der Waals surface area contributed by atoms with Gasteiger partial charge in [0.15, 0.2) is 0 Å². The molecule has 0 saturated carbocycles. The molecule has 4 rings (SSSR count). The zero-order valence-corrected chi connectivity index (χ0v) is 16.5. The highest BCUT2D eigenvalue weighted by Gasteiger charge is 2.20. The normalized spacial score (nSPS) is 11.0. The van der Waals surface area contributed by atoms with Crippen LogP contribution in [0, 0.1) is 17.0 Å². The Kier molecular flexibility index (Phi) is 5.34. The van der Waals surface area contributed by atoms with E-state index in [1.165, 1.54) is 17.8 Å². The van der Waals surface area contributed by atoms with Gasteiger partial charge in [-0.1, -0.05) is 29.1 Å². The first-order chi connectivity index (χ1) is 14.5. The molecule has 0 saturated heterocycles. The molecule has 30 heavy (non-hydrogen) atoms. The second-order valence-electron chi connectivity index (χ2n) is 6.17. The van der Waals surface area contributed by atoms with Crippen molar-refractivity contribution in [3.8, 4) is 11.5 Å². The summed E-state index contributed by atoms with van der Waals surface area (Å²) in [6.07, 6.45) is 3.43. The minimum atomic E-state index is -0.490. The lowest BCUT2D eigenvalue weighted by molar-refractivity contribution is -0.384. The summed E-state index contributed by atoms with van der Waals surface area (Å²) in [5.74, 6) is 1.52. The van der Waals surface area contributed by atoms with Gasteiger partial charge < -0.3 is 10.2 Å². The number of rotatable bonds is 7. The molecule has 12 nitrogen and oxygen atoms in total. The molecule has 13 heteroatoms. The fraction of sp³-hybridized carbons (Fsp3) is 0.176. The SMILES string of the molecule is Cc1ncc(Cn2cc(CSc3nnc(-c4ccccc4[N+](=O)[O-])o3)nn2)c(N)n1. The summed E-state index contributed by atoms with van der Waals surface area (Å²) in [6, 6.07) is 6.19. The van der Waals surface area contributed by atoms with E-state index in [1.54, 1.807) is 42.2 Å². The van der Waals surface area contributed by atoms with Gasteiger partial charge in [0.1, 0.15) is 17.2 Å². The van der Waals surface area contributed by atoms with Gasteiger partial charge in [-0.25, -0.2) is 14.6 Å². The van der Waals surface area contributed by atoms with Crippen molar-refractivity contribution >= 4 is 23.3 Å². The van der Waals surface area contributed by atoms with Crippen LogP contribution >= 0.6 is 11.8 Å². The second-order valence-corrected chi connectivity index (χ2v) is 7.10. The van der Waals surface area contributed by atoms with Gasteiger partial charge in [0, 0.05) is 29.8 Å². The van der Waals surface area contributed by atoms with E-state index in [-0.39, 0.29) is 22.4 Å². The zero-order valence-electron chi connectivity index (χ0n) is 15.7. The smallest absolute Gasteiger partial charge is 0.282 e. The van der Waals surface area contributed by atoms with E-state index in [4.69, 9.17) is 10.2 Å². The Bertz CT molecular complexity index is 1210. The summed E-state index contributed by atoms with van der Waals surface area (Å²) in [4.78, 5) is 18.9. The van der Waals surface area contributed by atoms with Gasteiger partial charge in [-0.2, -0.15) is 0 Å². The van der Waals surface area contributed by atoms with Gasteiger partial charge in [-0.3, -0.25) is 10.1 Å². The summed E-state index contributed by atoms with van der Waals surface area (Å²) in [5, 5.41) is 27.5. The summed E-state index contributed by atoms with van der Waals surface area (Å²) in [5.41, 5.74) is 7.51. The maximum atomic E-state index is 11.2. The number of para-hydroxylation sites is 1. The molecule has 0 aliphatic heterocycles. The van der Waals surface area contributed by atoms with E-state index in [9.17, 15) is 10.1 Å². The van der Waals surface area contributed by atoms with Crippen LogP contribution < -0.4 is 5.73 Å². The van der Waals surface area contributed by atoms with E-state index in [0.717, 1.165) is 5.56 Å². The lowest BCUT2D eigenvalue weighted by atomic mass is 10.2. The van der Waals surface area contributed by atoms with Crippen LogP contribution in [0.1, 0.15) is 17.1 Å². The first kappa shape index (κ1) is 19.4. The molecule has 152 valence electrons. The molecule has 4 aromatic rings. The van der Waals surface area contributed by atoms with Crippen LogP contribution in [0.15, 0.2) is 46.3 Å². The lowest BCUT2D eigenvalue weighted by Gasteiger charge is -2.04. The number of hydrogen-bond donors (Lipinski definition) is 1. The average Bonchev–Trinajstić information content (AvgIpc) is 3.38. The fourth-order valence-electron chi connectivity index (χ4n) is 2.62. The molecular weight excluding hydrogens is 410 g/mol. The van der Waals surface area contributed by atoms with E-state index >= 15 is 0 Å². The predicted molar refractivity (Wildman–Crippen MR) is 106 cm³/mol. The Balaban J connectivity index is 1.41. The number of thioether (sulfide) groups is 1. The molecule has 1 aromatic carbocycles. The number of nitro groups is 1. The van der Waals surface area contributed by atoms with Crippen LogP contribution in [0.25, 0.3) is 11.5 Å². The molecular formula is C17H15N9O3S. The van der Waals surface area contributed by atoms with Crippen molar-refractivity contribution in [3.63, 3.8) is 0 Å². The number of benzene rings is 1. The molecule has 0 aliphatic rings. The summed E-state index contributed by atoms with van der Waals surface area (Å²) < 4.78 is 7.19. The van der Waals surface area contributed by atoms with Gasteiger partial charge in [0.25, 0.3) is 16.8 Å². The minimum Gasteiger partial charge on any atom is -0.411 e. The van der Waals surface area contributed by atoms with Crippen molar-refractivity contribution < 1.29 is 9.34 Å². The molecule has 0 spiro atoms. The molecule has 0 fully saturated rings. The van der Waals surface area contributed by atoms with Crippen LogP contribution in [-0.4, -0.2) is 40.1 Å². The van der Waals surface area contributed by atoms with Gasteiger partial charge in [0.05, 0.1) is 17.2 Å². The number of anilines is 1. The largest absolute Gasteiger partial charge is 0.411 e. The Labute approximate surface area is 173 Å². The van der Waals surface area contributed by atoms with Crippen LogP contribution in [0.2, 0.25) is 0 Å². The van der Waals surface area contributed by atoms with Crippen molar-refractivity contribution in [2.45, 2.75) is 24.4 Å². The van der Waals surface area contributed by atoms with Gasteiger partial charge >= 0.3 is 0 Å². The van der Waals surface area contributed by atoms with Crippen molar-refractivity contribution in [2.24, 2.45) is 0 Å². The first-order valence-corrected chi connectivity index (χ1v) is 9.65. The van der Waals surface area contributed by atoms with Gasteiger partial charge in [0.2, 0.25) is 0 Å². The third kappa shape index (κ3) is 4.25. The number of aryl methyl sites for hydroxylation is 1. The number of nitrogen functional groups attached to an aromatic ring is 1. The van der Waals surface area contributed by atoms with Crippen molar-refractivity contribution in [2.75, 3.05) is 5.73 Å². The van der Waals surface area contributed by atoms with Crippen LogP contribution in [-0.2, 0) is 12.3 Å². The van der Waals surface area contributed by atoms with E-state index < -0.39 is 4.92 Å². The molecule has 0 atom stereocenters. The minimum absolute atomic E-state index is 0.0864. The molecule has 0 amide bonds. The third-order valence-electron chi connectivity index (χ3n) is 4.02. The highest BCUT2D eigenvalue weighted by atomic mass is 32.2. The number of hydrogen-bond acceptors (Lipinski definition) is 11. The van der Waals surface area contributed by atoms with Gasteiger partial charge in [-0.05, 0) is 13.0 Å². The summed E-state index contributed by atoms with van der Waals surface area (Å²) >= 11 is 1.25. The van der Waals surface area contributed by atoms with Crippen molar-refractivity contribution in [1.82, 2.24) is 35.2 Å². The Morgan fingerprint density at radius 3 is 2.90 bits per heavy atom. The topological polar surface area (TPSA) is 165 Å². The predicted octanol–water partition coefficient (Wildman–Crippen LogP) is 2.26. The summed E-state index contributed by atoms with van der Waals surface area (Å²) in [6.45, 7) is 2.16. The van der Waals surface area contributed by atoms with Crippen LogP contribution in [0.3, 0.4) is 0 Å². The molecule has 3 heterocycles. The molecule has 0 bridgehead atoms. The molecule has 3 aromatic heterocycles. The van der Waals surface area contributed by atoms with Crippen LogP contribution in [0.4, 0.5) is 11.5 Å². The number of aromatic nitrogens is 7. The van der Waals surface area contributed by atoms with Crippen LogP contribution in [0.5, 0.6) is 0 Å². The van der Waals surface area contributed by atoms with E-state index in [2.05, 4.69) is 30.5 Å². The maximum absolute atomic E-state index is 11.2. The molecule has 0 radical (unpaired) electrons. The van der Waals surface area contributed by atoms with Crippen molar-refractivity contribution in [1.29, 1.82) is 0 Å². The number of nitrogens with two attached hydrogens (primary N) is 1. The average molecular weight is 425 g/mol. The summed E-state index contributed by atoms with van der Waals surface area (Å²) in [7, 11) is 0. The van der Waals surface area contributed by atoms with E-state index in [1.807, 2.05) is 0 Å². The molecule has 0 unspecified atom stereocenters. The van der Waals surface area contributed by atoms with Crippen molar-refractivity contribution in [3.05, 3.63) is 63.9 Å². The Morgan fingerprint density at radius 2 is 2.10 bits per heavy atom. The Hall–Kier alpha value is -3.87. The van der Waals surface area contributed by atoms with E-state index in [0.29, 0.717) is 29.6 Å². The number of nitro benzene ring substituents is 1. The fourth-order valence-corrected chi connectivity index (χ4v) is 3.26. The first-order valence-electron chi connectivity index (χ1n) is 8.66. The van der Waals surface area contributed by atoms with Gasteiger partial charge in [-0.15, -0.1) is 15.3 Å². The quantitative estimate of drug-likeness (QED) is 0.262. The molecule has 2 N–H and O–H groups in total. The standard InChI is InChI=1S/C17H15N9O3S/c1-10-19-6-11(15(18)20-10)7-25-8-12(21-24-25)9-30-17-23-22-16(29-17)13-4-2-3-5-14(13)26(27)28/h2-6,8H,7,9H2,1H3,(H2,18,19,20). The maximum Gasteiger partial charge on any atom is 0.282 e. The zero-order chi connectivity index (χ0) is 21.1. The lowest BCUT2D eigenvalue weighted by Crippen LogP contribution is -2.07. The highest BCUT2D eigenvalue weighted by Crippen LogP contribution is 2.31. The highest BCUT2D eigenvalue weighted by molar-refractivity contribution is 7.98. The third-order valence-corrected chi connectivity index (χ3v) is 4.87.